The zero-order valence-electron chi connectivity index (χ0n) is 12.3. The van der Waals surface area contributed by atoms with Crippen molar-refractivity contribution >= 4 is 11.6 Å². The van der Waals surface area contributed by atoms with Gasteiger partial charge in [0.05, 0.1) is 12.6 Å². The van der Waals surface area contributed by atoms with E-state index in [9.17, 15) is 0 Å². The third-order valence-corrected chi connectivity index (χ3v) is 3.41. The molecule has 0 heterocycles. The van der Waals surface area contributed by atoms with E-state index in [1.165, 1.54) is 0 Å². The quantitative estimate of drug-likeness (QED) is 0.869. The molecule has 3 nitrogen and oxygen atoms in total. The molecule has 2 aromatic carbocycles. The van der Waals surface area contributed by atoms with Gasteiger partial charge in [-0.2, -0.15) is 0 Å². The Morgan fingerprint density at radius 3 is 2.52 bits per heavy atom. The van der Waals surface area contributed by atoms with Crippen molar-refractivity contribution in [2.75, 3.05) is 6.61 Å². The lowest BCUT2D eigenvalue weighted by atomic mass is 10.0. The van der Waals surface area contributed by atoms with Crippen LogP contribution in [0.15, 0.2) is 48.5 Å². The molecular weight excluding hydrogens is 286 g/mol. The normalized spacial score (nSPS) is 13.5. The van der Waals surface area contributed by atoms with E-state index >= 15 is 0 Å². The van der Waals surface area contributed by atoms with Crippen LogP contribution < -0.4 is 15.2 Å². The highest BCUT2D eigenvalue weighted by atomic mass is 35.5. The minimum atomic E-state index is -0.246. The summed E-state index contributed by atoms with van der Waals surface area (Å²) in [6.45, 7) is 4.53. The maximum atomic E-state index is 6.28. The number of nitrogens with two attached hydrogens (primary N) is 1. The summed E-state index contributed by atoms with van der Waals surface area (Å²) < 4.78 is 11.4. The van der Waals surface area contributed by atoms with Crippen molar-refractivity contribution in [3.8, 4) is 11.5 Å². The monoisotopic (exact) mass is 305 g/mol. The first-order valence-electron chi connectivity index (χ1n) is 7.00. The van der Waals surface area contributed by atoms with Crippen LogP contribution in [0.1, 0.15) is 25.5 Å². The molecule has 21 heavy (non-hydrogen) atoms. The second-order valence-electron chi connectivity index (χ2n) is 4.81. The van der Waals surface area contributed by atoms with Gasteiger partial charge in [-0.25, -0.2) is 0 Å². The largest absolute Gasteiger partial charge is 0.494 e. The summed E-state index contributed by atoms with van der Waals surface area (Å²) in [5, 5.41) is 0.645. The van der Waals surface area contributed by atoms with Crippen LogP contribution in [0.3, 0.4) is 0 Å². The van der Waals surface area contributed by atoms with E-state index in [1.54, 1.807) is 6.07 Å². The molecule has 0 spiro atoms. The first-order valence-corrected chi connectivity index (χ1v) is 7.38. The average molecular weight is 306 g/mol. The Hall–Kier alpha value is -1.71. The summed E-state index contributed by atoms with van der Waals surface area (Å²) in [6.07, 6.45) is -0.180. The zero-order valence-corrected chi connectivity index (χ0v) is 13.0. The minimum Gasteiger partial charge on any atom is -0.494 e. The molecule has 0 aliphatic rings. The lowest BCUT2D eigenvalue weighted by molar-refractivity contribution is 0.190. The highest BCUT2D eigenvalue weighted by Gasteiger charge is 2.17. The van der Waals surface area contributed by atoms with Gasteiger partial charge >= 0.3 is 0 Å². The van der Waals surface area contributed by atoms with Gasteiger partial charge in [0.2, 0.25) is 0 Å². The van der Waals surface area contributed by atoms with E-state index < -0.39 is 0 Å². The molecule has 2 atom stereocenters. The number of benzene rings is 2. The molecule has 0 aliphatic carbocycles. The summed E-state index contributed by atoms with van der Waals surface area (Å²) in [7, 11) is 0. The molecule has 112 valence electrons. The SMILES string of the molecule is CCOc1cccc(C(N)C(C)Oc2cccc(Cl)c2)c1. The van der Waals surface area contributed by atoms with Gasteiger partial charge in [0.15, 0.2) is 0 Å². The Morgan fingerprint density at radius 1 is 1.10 bits per heavy atom. The fraction of sp³-hybridized carbons (Fsp3) is 0.294. The third-order valence-electron chi connectivity index (χ3n) is 3.18. The van der Waals surface area contributed by atoms with Crippen LogP contribution in [0, 0.1) is 0 Å². The van der Waals surface area contributed by atoms with Crippen molar-refractivity contribution in [2.45, 2.75) is 26.0 Å². The molecular formula is C17H20ClNO2. The molecule has 2 rings (SSSR count). The fourth-order valence-corrected chi connectivity index (χ4v) is 2.26. The molecule has 2 N–H and O–H groups in total. The van der Waals surface area contributed by atoms with Gasteiger partial charge < -0.3 is 15.2 Å². The summed E-state index contributed by atoms with van der Waals surface area (Å²) in [4.78, 5) is 0. The van der Waals surface area contributed by atoms with Crippen molar-refractivity contribution in [2.24, 2.45) is 5.73 Å². The van der Waals surface area contributed by atoms with E-state index in [0.717, 1.165) is 11.3 Å². The molecule has 2 unspecified atom stereocenters. The molecule has 0 saturated carbocycles. The highest BCUT2D eigenvalue weighted by Crippen LogP contribution is 2.24. The summed E-state index contributed by atoms with van der Waals surface area (Å²) in [6, 6.07) is 14.8. The first kappa shape index (κ1) is 15.7. The highest BCUT2D eigenvalue weighted by molar-refractivity contribution is 6.30. The molecule has 0 aliphatic heterocycles. The Morgan fingerprint density at radius 2 is 1.81 bits per heavy atom. The Labute approximate surface area is 130 Å². The van der Waals surface area contributed by atoms with Gasteiger partial charge in [0.1, 0.15) is 17.6 Å². The van der Waals surface area contributed by atoms with Crippen molar-refractivity contribution in [3.63, 3.8) is 0 Å². The lowest BCUT2D eigenvalue weighted by Gasteiger charge is -2.22. The van der Waals surface area contributed by atoms with Crippen LogP contribution in [0.25, 0.3) is 0 Å². The minimum absolute atomic E-state index is 0.180. The molecule has 0 amide bonds. The smallest absolute Gasteiger partial charge is 0.121 e. The van der Waals surface area contributed by atoms with Crippen LogP contribution in [0.2, 0.25) is 5.02 Å². The standard InChI is InChI=1S/C17H20ClNO2/c1-3-20-15-8-4-6-13(10-15)17(19)12(2)21-16-9-5-7-14(18)11-16/h4-12,17H,3,19H2,1-2H3. The molecule has 0 fully saturated rings. The number of rotatable bonds is 6. The fourth-order valence-electron chi connectivity index (χ4n) is 2.08. The summed E-state index contributed by atoms with van der Waals surface area (Å²) in [5.41, 5.74) is 7.26. The van der Waals surface area contributed by atoms with E-state index in [0.29, 0.717) is 17.4 Å². The molecule has 0 saturated heterocycles. The average Bonchev–Trinajstić information content (AvgIpc) is 2.47. The second kappa shape index (κ2) is 7.34. The predicted molar refractivity (Wildman–Crippen MR) is 86.1 cm³/mol. The molecule has 2 aromatic rings. The number of hydrogen-bond donors (Lipinski definition) is 1. The van der Waals surface area contributed by atoms with Crippen molar-refractivity contribution < 1.29 is 9.47 Å². The molecule has 0 bridgehead atoms. The summed E-state index contributed by atoms with van der Waals surface area (Å²) in [5.74, 6) is 1.53. The topological polar surface area (TPSA) is 44.5 Å². The Kier molecular flexibility index (Phi) is 5.48. The van der Waals surface area contributed by atoms with E-state index in [1.807, 2.05) is 56.3 Å². The van der Waals surface area contributed by atoms with Crippen molar-refractivity contribution in [1.82, 2.24) is 0 Å². The lowest BCUT2D eigenvalue weighted by Crippen LogP contribution is -2.28. The maximum Gasteiger partial charge on any atom is 0.121 e. The van der Waals surface area contributed by atoms with Crippen molar-refractivity contribution in [1.29, 1.82) is 0 Å². The number of ether oxygens (including phenoxy) is 2. The van der Waals surface area contributed by atoms with Crippen LogP contribution in [-0.2, 0) is 0 Å². The molecule has 0 radical (unpaired) electrons. The second-order valence-corrected chi connectivity index (χ2v) is 5.25. The Balaban J connectivity index is 2.08. The maximum absolute atomic E-state index is 6.28. The van der Waals surface area contributed by atoms with Gasteiger partial charge in [-0.05, 0) is 49.7 Å². The third kappa shape index (κ3) is 4.38. The predicted octanol–water partition coefficient (Wildman–Crippen LogP) is 4.21. The van der Waals surface area contributed by atoms with E-state index in [-0.39, 0.29) is 12.1 Å². The van der Waals surface area contributed by atoms with Gasteiger partial charge in [-0.3, -0.25) is 0 Å². The van der Waals surface area contributed by atoms with Gasteiger partial charge in [-0.15, -0.1) is 0 Å². The molecule has 0 aromatic heterocycles. The van der Waals surface area contributed by atoms with Crippen LogP contribution >= 0.6 is 11.6 Å². The summed E-state index contributed by atoms with van der Waals surface area (Å²) >= 11 is 5.95. The number of halogens is 1. The molecule has 4 heteroatoms. The number of hydrogen-bond acceptors (Lipinski definition) is 3. The van der Waals surface area contributed by atoms with Crippen LogP contribution in [0.5, 0.6) is 11.5 Å². The van der Waals surface area contributed by atoms with Gasteiger partial charge in [-0.1, -0.05) is 29.8 Å². The van der Waals surface area contributed by atoms with E-state index in [2.05, 4.69) is 0 Å². The van der Waals surface area contributed by atoms with Crippen LogP contribution in [0.4, 0.5) is 0 Å². The zero-order chi connectivity index (χ0) is 15.2. The first-order chi connectivity index (χ1) is 10.1. The van der Waals surface area contributed by atoms with Crippen LogP contribution in [-0.4, -0.2) is 12.7 Å². The Bertz CT molecular complexity index is 589. The van der Waals surface area contributed by atoms with E-state index in [4.69, 9.17) is 26.8 Å². The van der Waals surface area contributed by atoms with Crippen molar-refractivity contribution in [3.05, 3.63) is 59.1 Å². The van der Waals surface area contributed by atoms with Gasteiger partial charge in [0, 0.05) is 5.02 Å². The van der Waals surface area contributed by atoms with Gasteiger partial charge in [0.25, 0.3) is 0 Å².